The van der Waals surface area contributed by atoms with Gasteiger partial charge in [-0.3, -0.25) is 4.79 Å². The second kappa shape index (κ2) is 7.19. The van der Waals surface area contributed by atoms with Crippen LogP contribution in [0.1, 0.15) is 21.0 Å². The molecule has 0 radical (unpaired) electrons. The third-order valence-electron chi connectivity index (χ3n) is 2.83. The summed E-state index contributed by atoms with van der Waals surface area (Å²) in [5.74, 6) is 0.177. The second-order valence-corrected chi connectivity index (χ2v) is 4.48. The minimum Gasteiger partial charge on any atom is -0.464 e. The van der Waals surface area contributed by atoms with Crippen molar-refractivity contribution in [2.75, 3.05) is 7.11 Å². The quantitative estimate of drug-likeness (QED) is 0.378. The molecular formula is C14H11NO5S2. The number of nitrogens with zero attached hydrogens (tertiary/aromatic N) is 1. The van der Waals surface area contributed by atoms with E-state index < -0.39 is 5.97 Å². The summed E-state index contributed by atoms with van der Waals surface area (Å²) in [6, 6.07) is 7.91. The molecule has 0 N–H and O–H groups in total. The molecule has 22 heavy (non-hydrogen) atoms. The Hall–Kier alpha value is -2.19. The van der Waals surface area contributed by atoms with Gasteiger partial charge in [-0.15, -0.1) is 0 Å². The first-order valence-corrected chi connectivity index (χ1v) is 6.68. The summed E-state index contributed by atoms with van der Waals surface area (Å²) in [6.45, 7) is 0. The van der Waals surface area contributed by atoms with Gasteiger partial charge in [0.25, 0.3) is 0 Å². The van der Waals surface area contributed by atoms with E-state index in [1.807, 2.05) is 0 Å². The summed E-state index contributed by atoms with van der Waals surface area (Å²) in [4.78, 5) is 26.6. The topological polar surface area (TPSA) is 74.7 Å². The van der Waals surface area contributed by atoms with Crippen LogP contribution >= 0.6 is 25.8 Å². The molecule has 8 heteroatoms. The molecule has 0 unspecified atom stereocenters. The number of benzene rings is 1. The van der Waals surface area contributed by atoms with Crippen molar-refractivity contribution < 1.29 is 22.7 Å². The van der Waals surface area contributed by atoms with Gasteiger partial charge in [-0.1, -0.05) is 0 Å². The molecule has 1 aromatic heterocycles. The minimum atomic E-state index is -0.645. The molecular weight excluding hydrogens is 326 g/mol. The third-order valence-corrected chi connectivity index (χ3v) is 3.24. The van der Waals surface area contributed by atoms with Crippen LogP contribution in [0.4, 0.5) is 0 Å². The van der Waals surface area contributed by atoms with Gasteiger partial charge in [0.05, 0.1) is 7.11 Å². The Morgan fingerprint density at radius 3 is 2.55 bits per heavy atom. The van der Waals surface area contributed by atoms with Gasteiger partial charge in [-0.2, -0.15) is 0 Å². The molecule has 6 nitrogen and oxygen atoms in total. The second-order valence-electron chi connectivity index (χ2n) is 4.12. The molecule has 0 saturated carbocycles. The number of aldehydes is 1. The van der Waals surface area contributed by atoms with Crippen molar-refractivity contribution >= 4 is 38.1 Å². The molecule has 114 valence electrons. The molecule has 0 aliphatic heterocycles. The van der Waals surface area contributed by atoms with Crippen LogP contribution in [-0.4, -0.2) is 24.3 Å². The van der Waals surface area contributed by atoms with Crippen LogP contribution in [0.25, 0.3) is 11.1 Å². The highest BCUT2D eigenvalue weighted by Gasteiger charge is 2.15. The monoisotopic (exact) mass is 337 g/mol. The molecule has 1 aromatic carbocycles. The average Bonchev–Trinajstić information content (AvgIpc) is 2.59. The number of ether oxygens (including phenoxy) is 1. The molecule has 2 rings (SSSR count). The van der Waals surface area contributed by atoms with E-state index in [9.17, 15) is 9.59 Å². The number of hydrogen-bond acceptors (Lipinski definition) is 8. The van der Waals surface area contributed by atoms with E-state index in [-0.39, 0.29) is 11.4 Å². The van der Waals surface area contributed by atoms with Crippen molar-refractivity contribution in [1.29, 1.82) is 0 Å². The predicted molar refractivity (Wildman–Crippen MR) is 85.6 cm³/mol. The molecule has 0 bridgehead atoms. The van der Waals surface area contributed by atoms with Crippen molar-refractivity contribution in [2.24, 2.45) is 0 Å². The lowest BCUT2D eigenvalue weighted by molar-refractivity contribution is 0.0594. The fourth-order valence-corrected chi connectivity index (χ4v) is 2.12. The van der Waals surface area contributed by atoms with Crippen molar-refractivity contribution in [3.63, 3.8) is 0 Å². The zero-order chi connectivity index (χ0) is 16.1. The Morgan fingerprint density at radius 1 is 1.18 bits per heavy atom. The summed E-state index contributed by atoms with van der Waals surface area (Å²) >= 11 is 7.50. The van der Waals surface area contributed by atoms with Crippen LogP contribution in [0, 0.1) is 0 Å². The number of carbonyl (C=O) groups excluding carboxylic acids is 2. The van der Waals surface area contributed by atoms with E-state index in [1.165, 1.54) is 19.2 Å². The van der Waals surface area contributed by atoms with E-state index in [2.05, 4.69) is 35.5 Å². The fraction of sp³-hybridized carbons (Fsp3) is 0.0714. The van der Waals surface area contributed by atoms with Crippen LogP contribution in [0.3, 0.4) is 0 Å². The average molecular weight is 337 g/mol. The summed E-state index contributed by atoms with van der Waals surface area (Å²) in [7, 11) is 1.23. The molecule has 0 amide bonds. The number of esters is 1. The number of pyridine rings is 1. The first kappa shape index (κ1) is 16.2. The standard InChI is InChI=1S/C14H11NO5S2/c1-18-14(17)12-5-8(4-9(7-16)15-12)11-3-2-10(19-21)6-13(11)20-22/h2-7,21-22H,1H3. The molecule has 2 aromatic rings. The first-order valence-electron chi connectivity index (χ1n) is 5.95. The van der Waals surface area contributed by atoms with Crippen LogP contribution < -0.4 is 8.37 Å². The van der Waals surface area contributed by atoms with Crippen LogP contribution in [-0.2, 0) is 4.74 Å². The summed E-state index contributed by atoms with van der Waals surface area (Å²) in [5.41, 5.74) is 1.26. The Bertz CT molecular complexity index is 720. The molecule has 1 heterocycles. The summed E-state index contributed by atoms with van der Waals surface area (Å²) in [6.07, 6.45) is 0.544. The molecule has 0 atom stereocenters. The van der Waals surface area contributed by atoms with Gasteiger partial charge in [0.1, 0.15) is 22.9 Å². The fourth-order valence-electron chi connectivity index (χ4n) is 1.85. The van der Waals surface area contributed by atoms with Crippen LogP contribution in [0.15, 0.2) is 30.3 Å². The van der Waals surface area contributed by atoms with Crippen LogP contribution in [0.2, 0.25) is 0 Å². The number of hydrogen-bond donors (Lipinski definition) is 2. The van der Waals surface area contributed by atoms with Gasteiger partial charge in [0.15, 0.2) is 6.29 Å². The van der Waals surface area contributed by atoms with E-state index in [4.69, 9.17) is 8.37 Å². The van der Waals surface area contributed by atoms with Gasteiger partial charge in [0.2, 0.25) is 0 Å². The van der Waals surface area contributed by atoms with E-state index >= 15 is 0 Å². The summed E-state index contributed by atoms with van der Waals surface area (Å²) in [5, 5.41) is 0. The van der Waals surface area contributed by atoms with Gasteiger partial charge in [0, 0.05) is 37.4 Å². The molecule has 0 aliphatic rings. The smallest absolute Gasteiger partial charge is 0.356 e. The highest BCUT2D eigenvalue weighted by Crippen LogP contribution is 2.34. The summed E-state index contributed by atoms with van der Waals surface area (Å²) < 4.78 is 14.4. The Balaban J connectivity index is 2.61. The molecule has 0 aliphatic carbocycles. The Morgan fingerprint density at radius 2 is 1.95 bits per heavy atom. The van der Waals surface area contributed by atoms with Gasteiger partial charge >= 0.3 is 5.97 Å². The largest absolute Gasteiger partial charge is 0.464 e. The van der Waals surface area contributed by atoms with Gasteiger partial charge in [-0.25, -0.2) is 9.78 Å². The third kappa shape index (κ3) is 3.34. The highest BCUT2D eigenvalue weighted by molar-refractivity contribution is 7.75. The van der Waals surface area contributed by atoms with E-state index in [0.717, 1.165) is 0 Å². The predicted octanol–water partition coefficient (Wildman–Crippen LogP) is 2.79. The normalized spacial score (nSPS) is 9.95. The number of aromatic nitrogens is 1. The lowest BCUT2D eigenvalue weighted by Gasteiger charge is -2.10. The van der Waals surface area contributed by atoms with Crippen molar-refractivity contribution in [2.45, 2.75) is 0 Å². The maximum absolute atomic E-state index is 11.6. The van der Waals surface area contributed by atoms with Gasteiger partial charge in [-0.05, 0) is 29.8 Å². The minimum absolute atomic E-state index is 0.0155. The maximum Gasteiger partial charge on any atom is 0.356 e. The van der Waals surface area contributed by atoms with E-state index in [1.54, 1.807) is 18.2 Å². The van der Waals surface area contributed by atoms with Crippen molar-refractivity contribution in [3.05, 3.63) is 41.7 Å². The number of carbonyl (C=O) groups is 2. The van der Waals surface area contributed by atoms with E-state index in [0.29, 0.717) is 28.9 Å². The zero-order valence-corrected chi connectivity index (χ0v) is 13.1. The highest BCUT2D eigenvalue weighted by atomic mass is 32.1. The molecule has 0 fully saturated rings. The number of methoxy groups -OCH3 is 1. The van der Waals surface area contributed by atoms with Crippen LogP contribution in [0.5, 0.6) is 11.5 Å². The lowest BCUT2D eigenvalue weighted by atomic mass is 10.0. The van der Waals surface area contributed by atoms with Crippen molar-refractivity contribution in [3.8, 4) is 22.6 Å². The molecule has 0 spiro atoms. The zero-order valence-electron chi connectivity index (χ0n) is 11.3. The Labute approximate surface area is 137 Å². The number of thiol groups is 2. The molecule has 0 saturated heterocycles. The maximum atomic E-state index is 11.6. The lowest BCUT2D eigenvalue weighted by Crippen LogP contribution is -2.06. The number of rotatable bonds is 5. The SMILES string of the molecule is COC(=O)c1cc(-c2ccc(OS)cc2OS)cc(C=O)n1. The van der Waals surface area contributed by atoms with Gasteiger partial charge < -0.3 is 13.1 Å². The van der Waals surface area contributed by atoms with Crippen molar-refractivity contribution in [1.82, 2.24) is 4.98 Å². The Kier molecular flexibility index (Phi) is 5.29. The first-order chi connectivity index (χ1) is 10.6.